The number of allylic oxidation sites excluding steroid dienone is 5. The first-order valence-corrected chi connectivity index (χ1v) is 11.2. The molecule has 0 radical (unpaired) electrons. The molecule has 0 aliphatic heterocycles. The van der Waals surface area contributed by atoms with Crippen molar-refractivity contribution in [3.63, 3.8) is 0 Å². The lowest BCUT2D eigenvalue weighted by atomic mass is 9.93. The number of benzene rings is 1. The van der Waals surface area contributed by atoms with Gasteiger partial charge in [0.1, 0.15) is 0 Å². The fraction of sp³-hybridized carbons (Fsp3) is 0.407. The second-order valence-corrected chi connectivity index (χ2v) is 7.81. The van der Waals surface area contributed by atoms with Crippen molar-refractivity contribution in [3.05, 3.63) is 83.7 Å². The van der Waals surface area contributed by atoms with E-state index >= 15 is 0 Å². The molecule has 1 atom stereocenters. The van der Waals surface area contributed by atoms with Gasteiger partial charge in [-0.05, 0) is 73.8 Å². The van der Waals surface area contributed by atoms with E-state index in [0.717, 1.165) is 43.5 Å². The van der Waals surface area contributed by atoms with Gasteiger partial charge in [-0.25, -0.2) is 0 Å². The molecule has 0 heterocycles. The number of nitrogens with one attached hydrogen (secondary N) is 1. The second kappa shape index (κ2) is 17.0. The number of hydrogen-bond donors (Lipinski definition) is 2. The van der Waals surface area contributed by atoms with Crippen LogP contribution >= 0.6 is 0 Å². The van der Waals surface area contributed by atoms with Gasteiger partial charge in [-0.2, -0.15) is 0 Å². The third-order valence-corrected chi connectivity index (χ3v) is 5.02. The van der Waals surface area contributed by atoms with Crippen LogP contribution in [0.2, 0.25) is 0 Å². The molecule has 1 rings (SSSR count). The SMILES string of the molecule is C=C/C=C\C(C)=C/NCc1cccc(CN=C/C(=C\N=C)CCC(CCC)CCN)c1. The molecule has 1 unspecified atom stereocenters. The monoisotopic (exact) mass is 420 g/mol. The molecule has 0 aromatic heterocycles. The molecule has 0 spiro atoms. The molecule has 0 aliphatic rings. The summed E-state index contributed by atoms with van der Waals surface area (Å²) in [6.45, 7) is 13.8. The lowest BCUT2D eigenvalue weighted by Crippen LogP contribution is -2.09. The summed E-state index contributed by atoms with van der Waals surface area (Å²) in [6, 6.07) is 8.52. The molecular formula is C27H40N4. The van der Waals surface area contributed by atoms with E-state index in [9.17, 15) is 0 Å². The van der Waals surface area contributed by atoms with Gasteiger partial charge in [-0.15, -0.1) is 0 Å². The highest BCUT2D eigenvalue weighted by Gasteiger charge is 2.07. The molecule has 3 N–H and O–H groups in total. The molecule has 0 saturated heterocycles. The average Bonchev–Trinajstić information content (AvgIpc) is 2.76. The Hall–Kier alpha value is -2.72. The summed E-state index contributed by atoms with van der Waals surface area (Å²) in [4.78, 5) is 8.62. The van der Waals surface area contributed by atoms with Gasteiger partial charge < -0.3 is 11.1 Å². The summed E-state index contributed by atoms with van der Waals surface area (Å²) in [5.74, 6) is 0.672. The number of hydrogen-bond acceptors (Lipinski definition) is 4. The molecule has 1 aromatic rings. The molecule has 4 heteroatoms. The van der Waals surface area contributed by atoms with Crippen molar-refractivity contribution in [1.29, 1.82) is 0 Å². The quantitative estimate of drug-likeness (QED) is 0.250. The van der Waals surface area contributed by atoms with E-state index < -0.39 is 0 Å². The van der Waals surface area contributed by atoms with E-state index in [1.807, 2.05) is 30.8 Å². The lowest BCUT2D eigenvalue weighted by Gasteiger charge is -2.14. The van der Waals surface area contributed by atoms with Crippen LogP contribution in [0.15, 0.2) is 82.6 Å². The zero-order valence-corrected chi connectivity index (χ0v) is 19.4. The first-order chi connectivity index (χ1) is 15.1. The van der Waals surface area contributed by atoms with Crippen LogP contribution in [0.3, 0.4) is 0 Å². The average molecular weight is 421 g/mol. The van der Waals surface area contributed by atoms with Crippen LogP contribution in [0.4, 0.5) is 0 Å². The van der Waals surface area contributed by atoms with E-state index in [-0.39, 0.29) is 0 Å². The zero-order chi connectivity index (χ0) is 22.7. The number of aliphatic imine (C=N–C) groups is 2. The molecule has 0 saturated carbocycles. The molecule has 0 amide bonds. The summed E-state index contributed by atoms with van der Waals surface area (Å²) >= 11 is 0. The Morgan fingerprint density at radius 2 is 2.03 bits per heavy atom. The minimum absolute atomic E-state index is 0.653. The van der Waals surface area contributed by atoms with Gasteiger partial charge in [-0.1, -0.05) is 68.8 Å². The maximum atomic E-state index is 5.76. The minimum atomic E-state index is 0.653. The minimum Gasteiger partial charge on any atom is -0.387 e. The third kappa shape index (κ3) is 12.5. The normalized spacial score (nSPS) is 13.6. The lowest BCUT2D eigenvalue weighted by molar-refractivity contribution is 0.422. The number of nitrogens with two attached hydrogens (primary N) is 1. The van der Waals surface area contributed by atoms with Crippen molar-refractivity contribution in [2.24, 2.45) is 21.6 Å². The van der Waals surface area contributed by atoms with Crippen LogP contribution in [0.5, 0.6) is 0 Å². The summed E-state index contributed by atoms with van der Waals surface area (Å²) in [5, 5.41) is 3.35. The van der Waals surface area contributed by atoms with Gasteiger partial charge in [0.15, 0.2) is 0 Å². The summed E-state index contributed by atoms with van der Waals surface area (Å²) in [5.41, 5.74) is 10.5. The Morgan fingerprint density at radius 1 is 1.23 bits per heavy atom. The Kier molecular flexibility index (Phi) is 14.4. The maximum Gasteiger partial charge on any atom is 0.0639 e. The predicted molar refractivity (Wildman–Crippen MR) is 138 cm³/mol. The topological polar surface area (TPSA) is 62.8 Å². The van der Waals surface area contributed by atoms with Crippen LogP contribution in [-0.4, -0.2) is 19.5 Å². The number of nitrogens with zero attached hydrogens (tertiary/aromatic N) is 2. The fourth-order valence-electron chi connectivity index (χ4n) is 3.43. The summed E-state index contributed by atoms with van der Waals surface area (Å²) in [6.07, 6.45) is 17.1. The first kappa shape index (κ1) is 26.3. The van der Waals surface area contributed by atoms with E-state index in [2.05, 4.69) is 66.7 Å². The van der Waals surface area contributed by atoms with Gasteiger partial charge >= 0.3 is 0 Å². The highest BCUT2D eigenvalue weighted by Crippen LogP contribution is 2.19. The number of rotatable bonds is 16. The predicted octanol–water partition coefficient (Wildman–Crippen LogP) is 6.12. The Bertz CT molecular complexity index is 765. The van der Waals surface area contributed by atoms with Crippen molar-refractivity contribution in [3.8, 4) is 0 Å². The van der Waals surface area contributed by atoms with E-state index in [4.69, 9.17) is 5.73 Å². The van der Waals surface area contributed by atoms with E-state index in [1.54, 1.807) is 6.08 Å². The second-order valence-electron chi connectivity index (χ2n) is 7.81. The molecule has 31 heavy (non-hydrogen) atoms. The Labute approximate surface area is 189 Å². The molecule has 1 aromatic carbocycles. The molecular weight excluding hydrogens is 380 g/mol. The van der Waals surface area contributed by atoms with Crippen molar-refractivity contribution in [2.75, 3.05) is 6.54 Å². The van der Waals surface area contributed by atoms with Crippen LogP contribution < -0.4 is 11.1 Å². The summed E-state index contributed by atoms with van der Waals surface area (Å²) in [7, 11) is 0. The Morgan fingerprint density at radius 3 is 2.74 bits per heavy atom. The van der Waals surface area contributed by atoms with Gasteiger partial charge in [0.2, 0.25) is 0 Å². The van der Waals surface area contributed by atoms with Crippen molar-refractivity contribution in [2.45, 2.75) is 59.0 Å². The van der Waals surface area contributed by atoms with Crippen LogP contribution in [0, 0.1) is 5.92 Å². The first-order valence-electron chi connectivity index (χ1n) is 11.2. The highest BCUT2D eigenvalue weighted by molar-refractivity contribution is 5.78. The summed E-state index contributed by atoms with van der Waals surface area (Å²) < 4.78 is 0. The van der Waals surface area contributed by atoms with Crippen molar-refractivity contribution >= 4 is 12.9 Å². The van der Waals surface area contributed by atoms with E-state index in [1.165, 1.54) is 24.0 Å². The molecule has 0 aliphatic carbocycles. The molecule has 168 valence electrons. The van der Waals surface area contributed by atoms with Crippen LogP contribution in [-0.2, 0) is 13.1 Å². The Balaban J connectivity index is 2.61. The smallest absolute Gasteiger partial charge is 0.0639 e. The van der Waals surface area contributed by atoms with Gasteiger partial charge in [-0.3, -0.25) is 9.98 Å². The van der Waals surface area contributed by atoms with Crippen molar-refractivity contribution < 1.29 is 0 Å². The van der Waals surface area contributed by atoms with Crippen molar-refractivity contribution in [1.82, 2.24) is 5.32 Å². The molecule has 0 bridgehead atoms. The maximum absolute atomic E-state index is 5.76. The van der Waals surface area contributed by atoms with Gasteiger partial charge in [0, 0.05) is 19.0 Å². The zero-order valence-electron chi connectivity index (χ0n) is 19.4. The van der Waals surface area contributed by atoms with Crippen LogP contribution in [0.1, 0.15) is 57.1 Å². The molecule has 0 fully saturated rings. The fourth-order valence-corrected chi connectivity index (χ4v) is 3.43. The highest BCUT2D eigenvalue weighted by atomic mass is 14.8. The van der Waals surface area contributed by atoms with Gasteiger partial charge in [0.25, 0.3) is 0 Å². The molecule has 4 nitrogen and oxygen atoms in total. The van der Waals surface area contributed by atoms with E-state index in [0.29, 0.717) is 12.5 Å². The third-order valence-electron chi connectivity index (χ3n) is 5.02. The van der Waals surface area contributed by atoms with Crippen LogP contribution in [0.25, 0.3) is 0 Å². The largest absolute Gasteiger partial charge is 0.387 e. The van der Waals surface area contributed by atoms with Gasteiger partial charge in [0.05, 0.1) is 6.54 Å². The standard InChI is InChI=1S/C27H40N4/c1-5-7-10-23(3)18-30-20-25-11-8-12-26(17-25)21-31-22-27(19-29-4)14-13-24(9-6-2)15-16-28/h5,7-8,10-12,17-19,22,24,30H,1,4,6,9,13-16,20-21,28H2,2-3H3/b10-7-,23-18-,27-19-,31-22?.